The Balaban J connectivity index is 1.99. The third kappa shape index (κ3) is 4.79. The molecule has 0 spiro atoms. The molecule has 0 bridgehead atoms. The normalized spacial score (nSPS) is 20.4. The van der Waals surface area contributed by atoms with Crippen molar-refractivity contribution in [3.05, 3.63) is 35.6 Å². The standard InChI is InChI=1S/C14H18FNO3S2/c1-21(18,19)14-10-20-7-6-16(14)9-13(17)8-11-2-4-12(15)5-3-11/h2-5,14H,6-10H2,1H3. The molecule has 7 heteroatoms. The molecule has 0 amide bonds. The predicted octanol–water partition coefficient (Wildman–Crippen LogP) is 1.36. The summed E-state index contributed by atoms with van der Waals surface area (Å²) in [4.78, 5) is 13.8. The number of Topliss-reactive ketones (excluding diaryl/α,β-unsaturated/α-hetero) is 1. The Kier molecular flexibility index (Phi) is 5.40. The first-order chi connectivity index (χ1) is 9.86. The monoisotopic (exact) mass is 331 g/mol. The molecule has 0 aliphatic carbocycles. The van der Waals surface area contributed by atoms with Crippen molar-refractivity contribution in [3.63, 3.8) is 0 Å². The van der Waals surface area contributed by atoms with Gasteiger partial charge in [0.2, 0.25) is 0 Å². The van der Waals surface area contributed by atoms with Crippen LogP contribution in [0.5, 0.6) is 0 Å². The van der Waals surface area contributed by atoms with Gasteiger partial charge in [-0.3, -0.25) is 9.69 Å². The van der Waals surface area contributed by atoms with E-state index < -0.39 is 15.2 Å². The van der Waals surface area contributed by atoms with Crippen LogP contribution >= 0.6 is 11.8 Å². The van der Waals surface area contributed by atoms with Crippen LogP contribution in [-0.2, 0) is 21.1 Å². The van der Waals surface area contributed by atoms with Crippen LogP contribution in [0.1, 0.15) is 5.56 Å². The summed E-state index contributed by atoms with van der Waals surface area (Å²) >= 11 is 1.59. The van der Waals surface area contributed by atoms with Crippen molar-refractivity contribution >= 4 is 27.4 Å². The Morgan fingerprint density at radius 3 is 2.67 bits per heavy atom. The topological polar surface area (TPSA) is 54.5 Å². The first kappa shape index (κ1) is 16.5. The van der Waals surface area contributed by atoms with Gasteiger partial charge in [-0.1, -0.05) is 12.1 Å². The zero-order chi connectivity index (χ0) is 15.5. The Hall–Kier alpha value is -0.920. The maximum absolute atomic E-state index is 12.8. The number of carbonyl (C=O) groups is 1. The molecular formula is C14H18FNO3S2. The first-order valence-electron chi connectivity index (χ1n) is 6.63. The number of nitrogens with zero attached hydrogens (tertiary/aromatic N) is 1. The van der Waals surface area contributed by atoms with E-state index in [0.717, 1.165) is 11.3 Å². The molecule has 0 N–H and O–H groups in total. The van der Waals surface area contributed by atoms with Crippen LogP contribution in [0.3, 0.4) is 0 Å². The number of ketones is 1. The Morgan fingerprint density at radius 1 is 1.38 bits per heavy atom. The van der Waals surface area contributed by atoms with Crippen LogP contribution in [-0.4, -0.2) is 55.3 Å². The summed E-state index contributed by atoms with van der Waals surface area (Å²) in [5.41, 5.74) is 0.740. The van der Waals surface area contributed by atoms with Crippen molar-refractivity contribution in [1.29, 1.82) is 0 Å². The van der Waals surface area contributed by atoms with E-state index in [1.807, 2.05) is 0 Å². The third-order valence-corrected chi connectivity index (χ3v) is 6.07. The van der Waals surface area contributed by atoms with Crippen molar-refractivity contribution in [3.8, 4) is 0 Å². The highest BCUT2D eigenvalue weighted by Crippen LogP contribution is 2.20. The molecule has 21 heavy (non-hydrogen) atoms. The van der Waals surface area contributed by atoms with Gasteiger partial charge in [-0.15, -0.1) is 0 Å². The van der Waals surface area contributed by atoms with E-state index in [1.54, 1.807) is 28.8 Å². The molecule has 0 aromatic heterocycles. The fraction of sp³-hybridized carbons (Fsp3) is 0.500. The second-order valence-electron chi connectivity index (χ2n) is 5.17. The Labute approximate surface area is 128 Å². The van der Waals surface area contributed by atoms with Gasteiger partial charge < -0.3 is 0 Å². The average molecular weight is 331 g/mol. The number of rotatable bonds is 5. The lowest BCUT2D eigenvalue weighted by Gasteiger charge is -2.33. The number of carbonyl (C=O) groups excluding carboxylic acids is 1. The van der Waals surface area contributed by atoms with E-state index in [1.165, 1.54) is 18.4 Å². The number of hydrogen-bond acceptors (Lipinski definition) is 5. The third-order valence-electron chi connectivity index (χ3n) is 3.38. The van der Waals surface area contributed by atoms with Gasteiger partial charge in [0.1, 0.15) is 11.2 Å². The summed E-state index contributed by atoms with van der Waals surface area (Å²) in [6.45, 7) is 0.716. The molecule has 1 aliphatic heterocycles. The SMILES string of the molecule is CS(=O)(=O)C1CSCCN1CC(=O)Cc1ccc(F)cc1. The second kappa shape index (κ2) is 6.89. The lowest BCUT2D eigenvalue weighted by Crippen LogP contribution is -2.49. The summed E-state index contributed by atoms with van der Waals surface area (Å²) < 4.78 is 36.3. The molecule has 1 aliphatic rings. The van der Waals surface area contributed by atoms with Gasteiger partial charge in [0.05, 0.1) is 6.54 Å². The molecule has 1 fully saturated rings. The number of halogens is 1. The Morgan fingerprint density at radius 2 is 2.05 bits per heavy atom. The predicted molar refractivity (Wildman–Crippen MR) is 82.6 cm³/mol. The minimum atomic E-state index is -3.20. The molecular weight excluding hydrogens is 313 g/mol. The molecule has 0 saturated carbocycles. The van der Waals surface area contributed by atoms with E-state index in [-0.39, 0.29) is 24.6 Å². The maximum atomic E-state index is 12.8. The minimum absolute atomic E-state index is 0.0536. The molecule has 1 unspecified atom stereocenters. The smallest absolute Gasteiger partial charge is 0.164 e. The van der Waals surface area contributed by atoms with E-state index in [2.05, 4.69) is 0 Å². The fourth-order valence-corrected chi connectivity index (χ4v) is 5.24. The zero-order valence-corrected chi connectivity index (χ0v) is 13.4. The van der Waals surface area contributed by atoms with Crippen molar-refractivity contribution < 1.29 is 17.6 Å². The quantitative estimate of drug-likeness (QED) is 0.815. The molecule has 1 saturated heterocycles. The van der Waals surface area contributed by atoms with Gasteiger partial charge in [0.25, 0.3) is 0 Å². The van der Waals surface area contributed by atoms with Crippen LogP contribution < -0.4 is 0 Å². The van der Waals surface area contributed by atoms with Crippen LogP contribution in [0.15, 0.2) is 24.3 Å². The largest absolute Gasteiger partial charge is 0.298 e. The van der Waals surface area contributed by atoms with Crippen LogP contribution in [0.25, 0.3) is 0 Å². The van der Waals surface area contributed by atoms with E-state index in [4.69, 9.17) is 0 Å². The van der Waals surface area contributed by atoms with E-state index >= 15 is 0 Å². The van der Waals surface area contributed by atoms with Gasteiger partial charge in [-0.05, 0) is 17.7 Å². The molecule has 2 rings (SSSR count). The van der Waals surface area contributed by atoms with Gasteiger partial charge >= 0.3 is 0 Å². The molecule has 1 aromatic carbocycles. The van der Waals surface area contributed by atoms with Gasteiger partial charge in [0.15, 0.2) is 15.6 Å². The van der Waals surface area contributed by atoms with Crippen molar-refractivity contribution in [2.45, 2.75) is 11.8 Å². The summed E-state index contributed by atoms with van der Waals surface area (Å²) in [6, 6.07) is 5.79. The molecule has 116 valence electrons. The zero-order valence-electron chi connectivity index (χ0n) is 11.8. The lowest BCUT2D eigenvalue weighted by molar-refractivity contribution is -0.119. The molecule has 1 heterocycles. The highest BCUT2D eigenvalue weighted by atomic mass is 32.2. The summed E-state index contributed by atoms with van der Waals surface area (Å²) in [5.74, 6) is 0.942. The van der Waals surface area contributed by atoms with Gasteiger partial charge in [0, 0.05) is 30.7 Å². The van der Waals surface area contributed by atoms with E-state index in [0.29, 0.717) is 12.3 Å². The average Bonchev–Trinajstić information content (AvgIpc) is 2.41. The molecule has 1 aromatic rings. The summed E-state index contributed by atoms with van der Waals surface area (Å²) in [5, 5.41) is -0.589. The number of sulfone groups is 1. The van der Waals surface area contributed by atoms with E-state index in [9.17, 15) is 17.6 Å². The van der Waals surface area contributed by atoms with Gasteiger partial charge in [-0.2, -0.15) is 11.8 Å². The van der Waals surface area contributed by atoms with Gasteiger partial charge in [-0.25, -0.2) is 12.8 Å². The first-order valence-corrected chi connectivity index (χ1v) is 9.74. The van der Waals surface area contributed by atoms with Crippen molar-refractivity contribution in [2.24, 2.45) is 0 Å². The number of benzene rings is 1. The van der Waals surface area contributed by atoms with Crippen molar-refractivity contribution in [1.82, 2.24) is 4.90 Å². The number of thioether (sulfide) groups is 1. The van der Waals surface area contributed by atoms with Crippen LogP contribution in [0.4, 0.5) is 4.39 Å². The summed E-state index contributed by atoms with van der Waals surface area (Å²) in [7, 11) is -3.20. The molecule has 1 atom stereocenters. The number of hydrogen-bond donors (Lipinski definition) is 0. The minimum Gasteiger partial charge on any atom is -0.298 e. The van der Waals surface area contributed by atoms with Crippen molar-refractivity contribution in [2.75, 3.05) is 30.9 Å². The molecule has 0 radical (unpaired) electrons. The highest BCUT2D eigenvalue weighted by Gasteiger charge is 2.31. The maximum Gasteiger partial charge on any atom is 0.164 e. The Bertz CT molecular complexity index is 601. The fourth-order valence-electron chi connectivity index (χ4n) is 2.30. The lowest BCUT2D eigenvalue weighted by atomic mass is 10.1. The van der Waals surface area contributed by atoms with Crippen LogP contribution in [0.2, 0.25) is 0 Å². The second-order valence-corrected chi connectivity index (χ2v) is 8.52. The molecule has 4 nitrogen and oxygen atoms in total. The summed E-state index contributed by atoms with van der Waals surface area (Å²) in [6.07, 6.45) is 1.40. The van der Waals surface area contributed by atoms with Crippen LogP contribution in [0, 0.1) is 5.82 Å². The highest BCUT2D eigenvalue weighted by molar-refractivity contribution is 8.00.